The Kier molecular flexibility index (Phi) is 10.8. The molecule has 30 heavy (non-hydrogen) atoms. The van der Waals surface area contributed by atoms with Gasteiger partial charge in [0, 0.05) is 18.7 Å². The van der Waals surface area contributed by atoms with E-state index in [1.165, 1.54) is 0 Å². The van der Waals surface area contributed by atoms with Crippen molar-refractivity contribution in [2.24, 2.45) is 11.3 Å². The van der Waals surface area contributed by atoms with Gasteiger partial charge in [0.15, 0.2) is 0 Å². The lowest BCUT2D eigenvalue weighted by Crippen LogP contribution is -2.33. The van der Waals surface area contributed by atoms with Crippen LogP contribution in [0, 0.1) is 11.3 Å². The average Bonchev–Trinajstić information content (AvgIpc) is 2.66. The molecule has 0 aromatic carbocycles. The monoisotopic (exact) mass is 442 g/mol. The second-order valence-electron chi connectivity index (χ2n) is 7.87. The van der Waals surface area contributed by atoms with Crippen molar-refractivity contribution < 1.29 is 33.1 Å². The van der Waals surface area contributed by atoms with E-state index in [1.54, 1.807) is 0 Å². The fourth-order valence-corrected chi connectivity index (χ4v) is 6.42. The molecule has 1 fully saturated rings. The van der Waals surface area contributed by atoms with Gasteiger partial charge in [-0.1, -0.05) is 39.7 Å². The van der Waals surface area contributed by atoms with Crippen molar-refractivity contribution in [3.05, 3.63) is 37.5 Å². The van der Waals surface area contributed by atoms with Gasteiger partial charge < -0.3 is 23.5 Å². The van der Waals surface area contributed by atoms with Gasteiger partial charge in [0.2, 0.25) is 0 Å². The summed E-state index contributed by atoms with van der Waals surface area (Å²) in [6, 6.07) is 0. The molecule has 8 heteroatoms. The van der Waals surface area contributed by atoms with Crippen LogP contribution in [0.15, 0.2) is 37.5 Å². The van der Waals surface area contributed by atoms with Crippen molar-refractivity contribution in [3.63, 3.8) is 0 Å². The van der Waals surface area contributed by atoms with Gasteiger partial charge in [0.1, 0.15) is 5.76 Å². The molecule has 1 aliphatic rings. The zero-order valence-corrected chi connectivity index (χ0v) is 19.5. The Bertz CT molecular complexity index is 694. The predicted molar refractivity (Wildman–Crippen MR) is 120 cm³/mol. The highest BCUT2D eigenvalue weighted by atomic mass is 31.2. The van der Waals surface area contributed by atoms with Gasteiger partial charge in [-0.25, -0.2) is 9.59 Å². The third-order valence-electron chi connectivity index (χ3n) is 5.15. The molecule has 1 rings (SSSR count). The summed E-state index contributed by atoms with van der Waals surface area (Å²) in [6.07, 6.45) is 6.67. The third kappa shape index (κ3) is 8.70. The minimum Gasteiger partial charge on any atom is -0.482 e. The number of unbranched alkanes of at least 4 members (excludes halogenated alkanes) is 2. The first-order valence-electron chi connectivity index (χ1n) is 10.1. The quantitative estimate of drug-likeness (QED) is 0.175. The van der Waals surface area contributed by atoms with Crippen molar-refractivity contribution in [1.29, 1.82) is 0 Å². The molecule has 0 bridgehead atoms. The molecule has 1 aliphatic heterocycles. The Hall–Kier alpha value is -2.14. The maximum absolute atomic E-state index is 11.2. The van der Waals surface area contributed by atoms with Crippen LogP contribution in [0.4, 0.5) is 9.59 Å². The van der Waals surface area contributed by atoms with E-state index in [1.807, 2.05) is 0 Å². The molecule has 0 spiro atoms. The maximum atomic E-state index is 11.2. The van der Waals surface area contributed by atoms with Crippen molar-refractivity contribution in [3.8, 4) is 0 Å². The van der Waals surface area contributed by atoms with E-state index in [0.717, 1.165) is 37.3 Å². The third-order valence-corrected chi connectivity index (χ3v) is 8.07. The summed E-state index contributed by atoms with van der Waals surface area (Å²) < 4.78 is 25.4. The lowest BCUT2D eigenvalue weighted by atomic mass is 9.78. The van der Waals surface area contributed by atoms with Gasteiger partial charge >= 0.3 is 12.3 Å². The van der Waals surface area contributed by atoms with E-state index in [-0.39, 0.29) is 12.0 Å². The fraction of sp³-hybridized carbons (Fsp3) is 0.591. The Morgan fingerprint density at radius 3 is 2.17 bits per heavy atom. The molecule has 0 amide bonds. The van der Waals surface area contributed by atoms with Crippen LogP contribution in [0.3, 0.4) is 0 Å². The van der Waals surface area contributed by atoms with Crippen LogP contribution in [0.2, 0.25) is 0 Å². The molecule has 0 aromatic rings. The van der Waals surface area contributed by atoms with Crippen LogP contribution < -0.4 is 0 Å². The fourth-order valence-electron chi connectivity index (χ4n) is 3.09. The largest absolute Gasteiger partial charge is 0.513 e. The Labute approximate surface area is 180 Å². The van der Waals surface area contributed by atoms with Crippen LogP contribution in [-0.2, 0) is 23.5 Å². The second kappa shape index (κ2) is 12.5. The number of carbonyl (C=O) groups is 2. The van der Waals surface area contributed by atoms with Gasteiger partial charge in [-0.05, 0) is 44.3 Å². The number of hydrogen-bond donors (Lipinski definition) is 0. The summed E-state index contributed by atoms with van der Waals surface area (Å²) in [5, 5.41) is 0. The van der Waals surface area contributed by atoms with Crippen molar-refractivity contribution >= 4 is 25.2 Å². The first kappa shape index (κ1) is 25.9. The van der Waals surface area contributed by atoms with E-state index >= 15 is 0 Å². The summed E-state index contributed by atoms with van der Waals surface area (Å²) >= 11 is 0. The van der Waals surface area contributed by atoms with Crippen LogP contribution in [0.5, 0.6) is 0 Å². The van der Waals surface area contributed by atoms with E-state index in [4.69, 9.17) is 14.0 Å². The number of hydrogen-bond acceptors (Lipinski definition) is 7. The predicted octanol–water partition coefficient (Wildman–Crippen LogP) is 6.08. The number of carbonyl (C=O) groups excluding carboxylic acids is 2. The lowest BCUT2D eigenvalue weighted by molar-refractivity contribution is 0.0833. The van der Waals surface area contributed by atoms with Crippen molar-refractivity contribution in [2.75, 3.05) is 26.0 Å². The summed E-state index contributed by atoms with van der Waals surface area (Å²) in [6.45, 7) is 16.0. The highest BCUT2D eigenvalue weighted by molar-refractivity contribution is 7.69. The Balaban J connectivity index is 2.62. The first-order chi connectivity index (χ1) is 14.1. The van der Waals surface area contributed by atoms with Gasteiger partial charge in [-0.3, -0.25) is 0 Å². The van der Waals surface area contributed by atoms with E-state index in [2.05, 4.69) is 61.9 Å². The molecule has 0 N–H and O–H groups in total. The van der Waals surface area contributed by atoms with E-state index < -0.39 is 19.4 Å². The molecule has 2 unspecified atom stereocenters. The number of ether oxygens (including phenoxy) is 4. The molecule has 1 saturated heterocycles. The normalized spacial score (nSPS) is 23.6. The summed E-state index contributed by atoms with van der Waals surface area (Å²) in [5.41, 5.74) is -0.0620. The van der Waals surface area contributed by atoms with Crippen LogP contribution in [0.25, 0.3) is 0 Å². The van der Waals surface area contributed by atoms with Crippen molar-refractivity contribution in [2.45, 2.75) is 46.5 Å². The molecular weight excluding hydrogens is 407 g/mol. The van der Waals surface area contributed by atoms with Crippen LogP contribution >= 0.6 is 7.11 Å². The Morgan fingerprint density at radius 1 is 1.10 bits per heavy atom. The topological polar surface area (TPSA) is 80.3 Å². The minimum atomic E-state index is -1.71. The number of rotatable bonds is 10. The minimum absolute atomic E-state index is 0.0620. The standard InChI is InChI=1S/C22H35O7P/c1-7-25-20(23)27-14-10-9-13-19-22(4,5)18(3)17-30(6,29-19)16-12-11-15-28-21(24)26-8-2/h7-8,13,16,18H,1-2,9-12,14-15,17H2,3-6H3. The zero-order valence-electron chi connectivity index (χ0n) is 18.6. The van der Waals surface area contributed by atoms with E-state index in [9.17, 15) is 9.59 Å². The molecule has 1 heterocycles. The van der Waals surface area contributed by atoms with Crippen molar-refractivity contribution in [1.82, 2.24) is 0 Å². The van der Waals surface area contributed by atoms with Crippen LogP contribution in [-0.4, -0.2) is 44.1 Å². The first-order valence-corrected chi connectivity index (χ1v) is 12.5. The average molecular weight is 442 g/mol. The molecule has 0 radical (unpaired) electrons. The Morgan fingerprint density at radius 2 is 1.63 bits per heavy atom. The molecule has 170 valence electrons. The highest BCUT2D eigenvalue weighted by Crippen LogP contribution is 2.59. The van der Waals surface area contributed by atoms with Gasteiger partial charge in [0.25, 0.3) is 0 Å². The van der Waals surface area contributed by atoms with E-state index in [0.29, 0.717) is 25.4 Å². The lowest BCUT2D eigenvalue weighted by Gasteiger charge is -2.45. The van der Waals surface area contributed by atoms with Gasteiger partial charge in [-0.2, -0.15) is 0 Å². The SMILES string of the molecule is C=COC(=O)OCCCC=C1OP(C)(=CCCCOC(=O)OC=C)CC(C)C1(C)C. The smallest absolute Gasteiger partial charge is 0.482 e. The van der Waals surface area contributed by atoms with Gasteiger partial charge in [-0.15, -0.1) is 0 Å². The second-order valence-corrected chi connectivity index (χ2v) is 11.1. The number of allylic oxidation sites excluding steroid dienone is 2. The molecule has 0 aromatic heterocycles. The summed E-state index contributed by atoms with van der Waals surface area (Å²) in [4.78, 5) is 22.3. The maximum Gasteiger partial charge on any atom is 0.513 e. The zero-order chi connectivity index (χ0) is 22.6. The molecule has 0 saturated carbocycles. The van der Waals surface area contributed by atoms with Crippen LogP contribution in [0.1, 0.15) is 46.5 Å². The molecule has 2 atom stereocenters. The summed E-state index contributed by atoms with van der Waals surface area (Å²) in [5.74, 6) is 3.71. The molecule has 7 nitrogen and oxygen atoms in total. The highest BCUT2D eigenvalue weighted by Gasteiger charge is 2.40. The van der Waals surface area contributed by atoms with Gasteiger partial charge in [0.05, 0.1) is 25.7 Å². The molecule has 0 aliphatic carbocycles. The molecular formula is C22H35O7P. The summed E-state index contributed by atoms with van der Waals surface area (Å²) in [7, 11) is -1.71.